The number of methoxy groups -OCH3 is 1. The maximum atomic E-state index is 13.6. The molecule has 9 heteroatoms. The molecule has 0 unspecified atom stereocenters. The van der Waals surface area contributed by atoms with Gasteiger partial charge in [0.2, 0.25) is 5.91 Å². The van der Waals surface area contributed by atoms with Gasteiger partial charge in [-0.1, -0.05) is 54.6 Å². The molecule has 0 radical (unpaired) electrons. The molecule has 0 aliphatic rings. The fraction of sp³-hybridized carbons (Fsp3) is 0.241. The molecule has 9 nitrogen and oxygen atoms in total. The van der Waals surface area contributed by atoms with Gasteiger partial charge in [0.25, 0.3) is 11.6 Å². The fourth-order valence-corrected chi connectivity index (χ4v) is 4.34. The van der Waals surface area contributed by atoms with Crippen molar-refractivity contribution in [2.24, 2.45) is 0 Å². The number of nitrogens with one attached hydrogen (secondary N) is 1. The largest absolute Gasteiger partial charge is 0.383 e. The molecule has 1 heterocycles. The Labute approximate surface area is 220 Å². The molecule has 3 aromatic carbocycles. The average Bonchev–Trinajstić information content (AvgIpc) is 3.36. The minimum Gasteiger partial charge on any atom is -0.383 e. The van der Waals surface area contributed by atoms with Crippen LogP contribution in [-0.4, -0.2) is 64.9 Å². The van der Waals surface area contributed by atoms with Crippen molar-refractivity contribution in [3.8, 4) is 0 Å². The van der Waals surface area contributed by atoms with Crippen molar-refractivity contribution in [2.45, 2.75) is 13.0 Å². The topological polar surface area (TPSA) is 109 Å². The molecular weight excluding hydrogens is 484 g/mol. The molecule has 0 saturated carbocycles. The summed E-state index contributed by atoms with van der Waals surface area (Å²) >= 11 is 0. The summed E-state index contributed by atoms with van der Waals surface area (Å²) in [6.07, 6.45) is 2.60. The number of non-ortho nitro benzene ring substituents is 1. The van der Waals surface area contributed by atoms with Gasteiger partial charge in [0.05, 0.1) is 11.5 Å². The predicted octanol–water partition coefficient (Wildman–Crippen LogP) is 4.44. The third kappa shape index (κ3) is 6.63. The van der Waals surface area contributed by atoms with Crippen LogP contribution in [0.4, 0.5) is 5.69 Å². The van der Waals surface area contributed by atoms with Crippen molar-refractivity contribution < 1.29 is 19.2 Å². The van der Waals surface area contributed by atoms with Crippen LogP contribution in [0.2, 0.25) is 0 Å². The summed E-state index contributed by atoms with van der Waals surface area (Å²) in [7, 11) is 1.51. The number of hydrogen-bond donors (Lipinski definition) is 1. The zero-order valence-electron chi connectivity index (χ0n) is 21.2. The Morgan fingerprint density at radius 1 is 0.947 bits per heavy atom. The number of benzene rings is 3. The van der Waals surface area contributed by atoms with Gasteiger partial charge < -0.3 is 19.5 Å². The lowest BCUT2D eigenvalue weighted by atomic mass is 10.1. The third-order valence-corrected chi connectivity index (χ3v) is 6.38. The zero-order chi connectivity index (χ0) is 26.9. The number of ether oxygens (including phenoxy) is 1. The maximum Gasteiger partial charge on any atom is 0.270 e. The Morgan fingerprint density at radius 3 is 2.47 bits per heavy atom. The number of aromatic nitrogens is 1. The van der Waals surface area contributed by atoms with Crippen molar-refractivity contribution in [1.29, 1.82) is 0 Å². The van der Waals surface area contributed by atoms with Gasteiger partial charge in [-0.25, -0.2) is 0 Å². The van der Waals surface area contributed by atoms with Crippen LogP contribution in [-0.2, 0) is 22.5 Å². The van der Waals surface area contributed by atoms with Gasteiger partial charge in [-0.05, 0) is 29.7 Å². The molecular formula is C29H30N4O5. The highest BCUT2D eigenvalue weighted by Crippen LogP contribution is 2.19. The van der Waals surface area contributed by atoms with E-state index in [4.69, 9.17) is 4.74 Å². The number of fused-ring (bicyclic) bond motifs is 1. The summed E-state index contributed by atoms with van der Waals surface area (Å²) in [5.74, 6) is -0.682. The summed E-state index contributed by atoms with van der Waals surface area (Å²) in [5.41, 5.74) is 3.09. The van der Waals surface area contributed by atoms with Crippen molar-refractivity contribution >= 4 is 28.4 Å². The van der Waals surface area contributed by atoms with Crippen LogP contribution in [0.3, 0.4) is 0 Å². The normalized spacial score (nSPS) is 10.9. The van der Waals surface area contributed by atoms with Crippen LogP contribution in [0.5, 0.6) is 0 Å². The van der Waals surface area contributed by atoms with Crippen molar-refractivity contribution in [3.63, 3.8) is 0 Å². The monoisotopic (exact) mass is 514 g/mol. The van der Waals surface area contributed by atoms with Crippen LogP contribution in [0.15, 0.2) is 85.1 Å². The first-order valence-electron chi connectivity index (χ1n) is 12.4. The summed E-state index contributed by atoms with van der Waals surface area (Å²) in [6, 6.07) is 23.2. The highest BCUT2D eigenvalue weighted by molar-refractivity contribution is 5.97. The molecule has 0 spiro atoms. The molecule has 4 rings (SSSR count). The van der Waals surface area contributed by atoms with Crippen LogP contribution in [0, 0.1) is 10.1 Å². The number of nitro benzene ring substituents is 1. The minimum absolute atomic E-state index is 0.150. The second-order valence-corrected chi connectivity index (χ2v) is 8.94. The summed E-state index contributed by atoms with van der Waals surface area (Å²) in [4.78, 5) is 44.0. The molecule has 1 aromatic heterocycles. The number of rotatable bonds is 12. The Morgan fingerprint density at radius 2 is 1.71 bits per heavy atom. The Kier molecular flexibility index (Phi) is 8.84. The molecule has 4 aromatic rings. The first-order valence-corrected chi connectivity index (χ1v) is 12.4. The molecule has 1 N–H and O–H groups in total. The molecule has 0 aliphatic carbocycles. The number of nitrogens with zero attached hydrogens (tertiary/aromatic N) is 3. The van der Waals surface area contributed by atoms with Gasteiger partial charge in [0, 0.05) is 61.5 Å². The molecule has 0 aliphatic heterocycles. The minimum atomic E-state index is -0.548. The SMILES string of the molecule is COCCN(CC(=O)N(CCc1c[nH]c2ccccc12)Cc1ccccc1)C(=O)c1cccc([N+](=O)[O-])c1. The zero-order valence-corrected chi connectivity index (χ0v) is 21.2. The highest BCUT2D eigenvalue weighted by atomic mass is 16.6. The first-order chi connectivity index (χ1) is 18.5. The van der Waals surface area contributed by atoms with Gasteiger partial charge in [0.1, 0.15) is 6.54 Å². The summed E-state index contributed by atoms with van der Waals surface area (Å²) in [6.45, 7) is 1.07. The van der Waals surface area contributed by atoms with E-state index < -0.39 is 10.8 Å². The van der Waals surface area contributed by atoms with E-state index in [1.165, 1.54) is 36.3 Å². The predicted molar refractivity (Wildman–Crippen MR) is 145 cm³/mol. The van der Waals surface area contributed by atoms with Crippen LogP contribution < -0.4 is 0 Å². The van der Waals surface area contributed by atoms with Gasteiger partial charge >= 0.3 is 0 Å². The smallest absolute Gasteiger partial charge is 0.270 e. The van der Waals surface area contributed by atoms with E-state index >= 15 is 0 Å². The van der Waals surface area contributed by atoms with Crippen LogP contribution >= 0.6 is 0 Å². The van der Waals surface area contributed by atoms with Crippen molar-refractivity contribution in [3.05, 3.63) is 112 Å². The Balaban J connectivity index is 1.54. The molecule has 0 bridgehead atoms. The number of aromatic amines is 1. The molecule has 0 atom stereocenters. The molecule has 38 heavy (non-hydrogen) atoms. The van der Waals surface area contributed by atoms with Gasteiger partial charge in [-0.15, -0.1) is 0 Å². The standard InChI is InChI=1S/C29H30N4O5/c1-38-17-16-32(29(35)23-10-7-11-25(18-23)33(36)37)21-28(34)31(20-22-8-3-2-4-9-22)15-14-24-19-30-27-13-6-5-12-26(24)27/h2-13,18-19,30H,14-17,20-21H2,1H3. The van der Waals surface area contributed by atoms with E-state index in [0.29, 0.717) is 19.5 Å². The number of carbonyl (C=O) groups is 2. The number of hydrogen-bond acceptors (Lipinski definition) is 5. The second-order valence-electron chi connectivity index (χ2n) is 8.94. The van der Waals surface area contributed by atoms with Crippen LogP contribution in [0.1, 0.15) is 21.5 Å². The third-order valence-electron chi connectivity index (χ3n) is 6.38. The number of H-pyrrole nitrogens is 1. The maximum absolute atomic E-state index is 13.6. The lowest BCUT2D eigenvalue weighted by molar-refractivity contribution is -0.384. The van der Waals surface area contributed by atoms with E-state index in [9.17, 15) is 19.7 Å². The van der Waals surface area contributed by atoms with E-state index in [1.54, 1.807) is 4.90 Å². The number of amides is 2. The van der Waals surface area contributed by atoms with Gasteiger partial charge in [-0.2, -0.15) is 0 Å². The van der Waals surface area contributed by atoms with Crippen molar-refractivity contribution in [1.82, 2.24) is 14.8 Å². The van der Waals surface area contributed by atoms with Crippen molar-refractivity contribution in [2.75, 3.05) is 33.4 Å². The van der Waals surface area contributed by atoms with Gasteiger partial charge in [0.15, 0.2) is 0 Å². The lowest BCUT2D eigenvalue weighted by Gasteiger charge is -2.28. The van der Waals surface area contributed by atoms with Gasteiger partial charge in [-0.3, -0.25) is 19.7 Å². The quantitative estimate of drug-likeness (QED) is 0.222. The molecule has 2 amide bonds. The molecule has 196 valence electrons. The highest BCUT2D eigenvalue weighted by Gasteiger charge is 2.24. The molecule has 0 fully saturated rings. The second kappa shape index (κ2) is 12.6. The average molecular weight is 515 g/mol. The number of nitro groups is 1. The van der Waals surface area contributed by atoms with E-state index in [1.807, 2.05) is 54.7 Å². The summed E-state index contributed by atoms with van der Waals surface area (Å²) < 4.78 is 5.16. The Hall–Kier alpha value is -4.50. The van der Waals surface area contributed by atoms with E-state index in [-0.39, 0.29) is 36.9 Å². The number of carbonyl (C=O) groups excluding carboxylic acids is 2. The summed E-state index contributed by atoms with van der Waals surface area (Å²) in [5, 5.41) is 12.3. The number of para-hydroxylation sites is 1. The molecule has 0 saturated heterocycles. The van der Waals surface area contributed by atoms with E-state index in [0.717, 1.165) is 22.0 Å². The first kappa shape index (κ1) is 26.6. The van der Waals surface area contributed by atoms with E-state index in [2.05, 4.69) is 11.1 Å². The fourth-order valence-electron chi connectivity index (χ4n) is 4.34. The van der Waals surface area contributed by atoms with Crippen LogP contribution in [0.25, 0.3) is 10.9 Å². The Bertz CT molecular complexity index is 1400. The lowest BCUT2D eigenvalue weighted by Crippen LogP contribution is -2.44.